The Balaban J connectivity index is 1.83. The van der Waals surface area contributed by atoms with E-state index in [4.69, 9.17) is 4.74 Å². The Hall–Kier alpha value is -1.84. The van der Waals surface area contributed by atoms with Gasteiger partial charge in [0.05, 0.1) is 5.54 Å². The van der Waals surface area contributed by atoms with Gasteiger partial charge in [0.15, 0.2) is 5.78 Å². The van der Waals surface area contributed by atoms with Gasteiger partial charge in [-0.1, -0.05) is 30.3 Å². The van der Waals surface area contributed by atoms with E-state index in [9.17, 15) is 9.59 Å². The minimum Gasteiger partial charge on any atom is -0.444 e. The molecule has 1 aliphatic heterocycles. The molecule has 0 aromatic heterocycles. The summed E-state index contributed by atoms with van der Waals surface area (Å²) < 4.78 is 5.50. The summed E-state index contributed by atoms with van der Waals surface area (Å²) in [4.78, 5) is 26.4. The van der Waals surface area contributed by atoms with Gasteiger partial charge in [0.25, 0.3) is 0 Å². The summed E-state index contributed by atoms with van der Waals surface area (Å²) in [5.74, 6) is 0.174. The molecule has 1 aromatic rings. The number of likely N-dealkylation sites (tertiary alicyclic amines) is 1. The Kier molecular flexibility index (Phi) is 3.50. The molecule has 22 heavy (non-hydrogen) atoms. The molecule has 0 bridgehead atoms. The number of rotatable bonds is 2. The molecule has 0 unspecified atom stereocenters. The van der Waals surface area contributed by atoms with Crippen molar-refractivity contribution in [2.24, 2.45) is 0 Å². The first-order chi connectivity index (χ1) is 10.3. The number of benzene rings is 1. The predicted molar refractivity (Wildman–Crippen MR) is 83.6 cm³/mol. The first-order valence-corrected chi connectivity index (χ1v) is 7.92. The second-order valence-corrected chi connectivity index (χ2v) is 7.34. The van der Waals surface area contributed by atoms with Gasteiger partial charge < -0.3 is 4.74 Å². The quantitative estimate of drug-likeness (QED) is 0.787. The Morgan fingerprint density at radius 2 is 2.00 bits per heavy atom. The zero-order valence-corrected chi connectivity index (χ0v) is 13.5. The van der Waals surface area contributed by atoms with Crippen molar-refractivity contribution in [3.8, 4) is 0 Å². The van der Waals surface area contributed by atoms with E-state index in [0.717, 1.165) is 24.8 Å². The molecule has 1 aromatic carbocycles. The number of ketones is 1. The van der Waals surface area contributed by atoms with Gasteiger partial charge in [0.2, 0.25) is 0 Å². The van der Waals surface area contributed by atoms with E-state index in [2.05, 4.69) is 12.1 Å². The molecule has 2 aliphatic rings. The molecular formula is C18H23NO3. The normalized spacial score (nSPS) is 27.3. The summed E-state index contributed by atoms with van der Waals surface area (Å²) in [6.45, 7) is 5.55. The molecule has 4 heteroatoms. The van der Waals surface area contributed by atoms with Crippen LogP contribution in [0.3, 0.4) is 0 Å². The molecule has 3 rings (SSSR count). The van der Waals surface area contributed by atoms with Crippen molar-refractivity contribution in [2.75, 3.05) is 0 Å². The zero-order chi connectivity index (χ0) is 16.0. The predicted octanol–water partition coefficient (Wildman–Crippen LogP) is 3.34. The van der Waals surface area contributed by atoms with Crippen LogP contribution in [0.1, 0.15) is 45.6 Å². The van der Waals surface area contributed by atoms with Gasteiger partial charge in [0.1, 0.15) is 11.6 Å². The van der Waals surface area contributed by atoms with Crippen LogP contribution >= 0.6 is 0 Å². The lowest BCUT2D eigenvalue weighted by molar-refractivity contribution is -0.120. The van der Waals surface area contributed by atoms with Crippen molar-refractivity contribution in [3.63, 3.8) is 0 Å². The van der Waals surface area contributed by atoms with Gasteiger partial charge >= 0.3 is 6.09 Å². The first-order valence-electron chi connectivity index (χ1n) is 7.92. The van der Waals surface area contributed by atoms with E-state index in [1.165, 1.54) is 0 Å². The monoisotopic (exact) mass is 301 g/mol. The topological polar surface area (TPSA) is 46.4 Å². The Bertz CT molecular complexity index is 590. The standard InChI is InChI=1S/C18H23NO3/c1-17(2,3)22-16(21)19-15-14(20)10-7-11-18(15,19)12-13-8-5-4-6-9-13/h4-6,8-9,15H,7,10-12H2,1-3H3/t15-,18-,19?/m1/s1. The van der Waals surface area contributed by atoms with Crippen LogP contribution in [0.15, 0.2) is 30.3 Å². The van der Waals surface area contributed by atoms with Crippen LogP contribution in [0.4, 0.5) is 4.79 Å². The van der Waals surface area contributed by atoms with E-state index in [-0.39, 0.29) is 23.5 Å². The van der Waals surface area contributed by atoms with E-state index in [1.54, 1.807) is 4.90 Å². The fourth-order valence-corrected chi connectivity index (χ4v) is 3.60. The molecule has 0 spiro atoms. The van der Waals surface area contributed by atoms with Crippen molar-refractivity contribution in [1.82, 2.24) is 4.90 Å². The number of carbonyl (C=O) groups excluding carboxylic acids is 2. The van der Waals surface area contributed by atoms with Crippen LogP contribution in [-0.2, 0) is 16.0 Å². The number of fused-ring (bicyclic) bond motifs is 1. The fourth-order valence-electron chi connectivity index (χ4n) is 3.60. The van der Waals surface area contributed by atoms with E-state index < -0.39 is 5.60 Å². The SMILES string of the molecule is CC(C)(C)OC(=O)N1[C@@H]2C(=O)CCC[C@@]21Cc1ccccc1. The van der Waals surface area contributed by atoms with Crippen molar-refractivity contribution >= 4 is 11.9 Å². The second-order valence-electron chi connectivity index (χ2n) is 7.34. The Morgan fingerprint density at radius 3 is 2.64 bits per heavy atom. The minimum atomic E-state index is -0.542. The molecule has 1 aliphatic carbocycles. The molecule has 1 amide bonds. The lowest BCUT2D eigenvalue weighted by atomic mass is 9.84. The first kappa shape index (κ1) is 15.1. The molecule has 1 saturated heterocycles. The van der Waals surface area contributed by atoms with Crippen LogP contribution in [0.25, 0.3) is 0 Å². The molecule has 4 nitrogen and oxygen atoms in total. The maximum Gasteiger partial charge on any atom is 0.411 e. The number of amides is 1. The third kappa shape index (κ3) is 2.62. The van der Waals surface area contributed by atoms with Crippen LogP contribution in [-0.4, -0.2) is 34.0 Å². The van der Waals surface area contributed by atoms with Gasteiger partial charge in [0, 0.05) is 6.42 Å². The highest BCUT2D eigenvalue weighted by atomic mass is 16.6. The third-order valence-electron chi connectivity index (χ3n) is 4.46. The minimum absolute atomic E-state index is 0.174. The van der Waals surface area contributed by atoms with Gasteiger partial charge in [-0.25, -0.2) is 4.79 Å². The molecule has 118 valence electrons. The maximum atomic E-state index is 12.5. The zero-order valence-electron chi connectivity index (χ0n) is 13.5. The number of hydrogen-bond acceptors (Lipinski definition) is 3. The summed E-state index contributed by atoms with van der Waals surface area (Å²) in [6.07, 6.45) is 2.66. The largest absolute Gasteiger partial charge is 0.444 e. The van der Waals surface area contributed by atoms with E-state index >= 15 is 0 Å². The fraction of sp³-hybridized carbons (Fsp3) is 0.556. The van der Waals surface area contributed by atoms with Gasteiger partial charge in [-0.05, 0) is 45.6 Å². The number of ether oxygens (including phenoxy) is 1. The molecular weight excluding hydrogens is 278 g/mol. The van der Waals surface area contributed by atoms with Gasteiger partial charge in [-0.3, -0.25) is 9.69 Å². The molecule has 1 saturated carbocycles. The van der Waals surface area contributed by atoms with Crippen LogP contribution < -0.4 is 0 Å². The lowest BCUT2D eigenvalue weighted by Gasteiger charge is -2.23. The molecule has 1 heterocycles. The maximum absolute atomic E-state index is 12.5. The Labute approximate surface area is 131 Å². The summed E-state index contributed by atoms with van der Waals surface area (Å²) in [6, 6.07) is 9.77. The van der Waals surface area contributed by atoms with Crippen molar-refractivity contribution in [2.45, 2.75) is 63.6 Å². The summed E-state index contributed by atoms with van der Waals surface area (Å²) in [5, 5.41) is 0. The molecule has 2 atom stereocenters. The van der Waals surface area contributed by atoms with Gasteiger partial charge in [-0.15, -0.1) is 0 Å². The van der Waals surface area contributed by atoms with Crippen molar-refractivity contribution in [3.05, 3.63) is 35.9 Å². The highest BCUT2D eigenvalue weighted by molar-refractivity contribution is 5.96. The highest BCUT2D eigenvalue weighted by Gasteiger charge is 2.69. The second kappa shape index (κ2) is 5.11. The number of carbonyl (C=O) groups is 2. The summed E-state index contributed by atoms with van der Waals surface area (Å²) in [5.41, 5.74) is 0.256. The average molecular weight is 301 g/mol. The summed E-state index contributed by atoms with van der Waals surface area (Å²) >= 11 is 0. The van der Waals surface area contributed by atoms with E-state index in [1.807, 2.05) is 39.0 Å². The van der Waals surface area contributed by atoms with E-state index in [0.29, 0.717) is 6.42 Å². The molecule has 2 fully saturated rings. The Morgan fingerprint density at radius 1 is 1.32 bits per heavy atom. The van der Waals surface area contributed by atoms with Crippen LogP contribution in [0, 0.1) is 0 Å². The van der Waals surface area contributed by atoms with Gasteiger partial charge in [-0.2, -0.15) is 0 Å². The number of nitrogens with zero attached hydrogens (tertiary/aromatic N) is 1. The highest BCUT2D eigenvalue weighted by Crippen LogP contribution is 2.52. The molecule has 0 N–H and O–H groups in total. The average Bonchev–Trinajstić information content (AvgIpc) is 3.08. The van der Waals surface area contributed by atoms with Crippen molar-refractivity contribution < 1.29 is 14.3 Å². The van der Waals surface area contributed by atoms with Crippen LogP contribution in [0.2, 0.25) is 0 Å². The smallest absolute Gasteiger partial charge is 0.411 e. The third-order valence-corrected chi connectivity index (χ3v) is 4.46. The summed E-state index contributed by atoms with van der Waals surface area (Å²) in [7, 11) is 0. The number of hydrogen-bond donors (Lipinski definition) is 0. The number of Topliss-reactive ketones (excluding diaryl/α,β-unsaturated/α-hetero) is 1. The lowest BCUT2D eigenvalue weighted by Crippen LogP contribution is -2.32. The van der Waals surface area contributed by atoms with Crippen molar-refractivity contribution in [1.29, 1.82) is 0 Å². The van der Waals surface area contributed by atoms with Crippen LogP contribution in [0.5, 0.6) is 0 Å². The molecule has 0 radical (unpaired) electrons.